The van der Waals surface area contributed by atoms with Gasteiger partial charge in [-0.3, -0.25) is 0 Å². The second kappa shape index (κ2) is 4.39. The number of rotatable bonds is 1. The van der Waals surface area contributed by atoms with Gasteiger partial charge in [-0.15, -0.1) is 0 Å². The fourth-order valence-corrected chi connectivity index (χ4v) is 2.72. The highest BCUT2D eigenvalue weighted by Gasteiger charge is 2.25. The Morgan fingerprint density at radius 2 is 2.29 bits per heavy atom. The summed E-state index contributed by atoms with van der Waals surface area (Å²) in [6.45, 7) is 1.42. The van der Waals surface area contributed by atoms with Gasteiger partial charge in [-0.05, 0) is 12.8 Å². The molecule has 1 aliphatic heterocycles. The number of imidazole rings is 1. The highest BCUT2D eigenvalue weighted by atomic mass is 16.2. The van der Waals surface area contributed by atoms with Crippen LogP contribution in [-0.2, 0) is 13.0 Å². The van der Waals surface area contributed by atoms with Crippen molar-refractivity contribution in [2.75, 3.05) is 6.54 Å². The van der Waals surface area contributed by atoms with E-state index in [0.717, 1.165) is 31.5 Å². The standard InChI is InChI=1S/C12H18N4O/c17-12(15-9-3-1-2-4-9)16-6-5-10-11(7-16)14-8-13-10/h8-9H,1-7H2,(H,13,14)(H,15,17). The SMILES string of the molecule is O=C(NC1CCCC1)N1CCc2[nH]cnc2C1. The Bertz CT molecular complexity index is 408. The highest BCUT2D eigenvalue weighted by Crippen LogP contribution is 2.19. The molecule has 0 radical (unpaired) electrons. The summed E-state index contributed by atoms with van der Waals surface area (Å²) in [6, 6.07) is 0.466. The van der Waals surface area contributed by atoms with Gasteiger partial charge in [-0.1, -0.05) is 12.8 Å². The van der Waals surface area contributed by atoms with Crippen molar-refractivity contribution in [2.24, 2.45) is 0 Å². The van der Waals surface area contributed by atoms with E-state index in [2.05, 4.69) is 15.3 Å². The number of aromatic amines is 1. The number of H-pyrrole nitrogens is 1. The fraction of sp³-hybridized carbons (Fsp3) is 0.667. The molecule has 2 heterocycles. The molecular formula is C12H18N4O. The lowest BCUT2D eigenvalue weighted by atomic mass is 10.1. The van der Waals surface area contributed by atoms with Crippen molar-refractivity contribution in [3.8, 4) is 0 Å². The smallest absolute Gasteiger partial charge is 0.317 e. The second-order valence-corrected chi connectivity index (χ2v) is 4.93. The lowest BCUT2D eigenvalue weighted by Gasteiger charge is -2.27. The number of hydrogen-bond acceptors (Lipinski definition) is 2. The van der Waals surface area contributed by atoms with E-state index in [9.17, 15) is 4.79 Å². The van der Waals surface area contributed by atoms with E-state index in [0.29, 0.717) is 12.6 Å². The number of aromatic nitrogens is 2. The first-order chi connectivity index (χ1) is 8.33. The minimum absolute atomic E-state index is 0.0746. The van der Waals surface area contributed by atoms with Gasteiger partial charge in [0, 0.05) is 24.7 Å². The average Bonchev–Trinajstić information content (AvgIpc) is 2.97. The summed E-state index contributed by atoms with van der Waals surface area (Å²) < 4.78 is 0. The molecule has 0 atom stereocenters. The predicted molar refractivity (Wildman–Crippen MR) is 63.5 cm³/mol. The van der Waals surface area contributed by atoms with Crippen molar-refractivity contribution >= 4 is 6.03 Å². The van der Waals surface area contributed by atoms with Crippen LogP contribution in [0.2, 0.25) is 0 Å². The molecule has 0 saturated heterocycles. The number of fused-ring (bicyclic) bond motifs is 1. The third-order valence-corrected chi connectivity index (χ3v) is 3.75. The lowest BCUT2D eigenvalue weighted by Crippen LogP contribution is -2.46. The van der Waals surface area contributed by atoms with Gasteiger partial charge < -0.3 is 15.2 Å². The maximum Gasteiger partial charge on any atom is 0.317 e. The van der Waals surface area contributed by atoms with E-state index in [4.69, 9.17) is 0 Å². The van der Waals surface area contributed by atoms with Crippen molar-refractivity contribution < 1.29 is 4.79 Å². The molecule has 1 fully saturated rings. The number of nitrogens with one attached hydrogen (secondary N) is 2. The van der Waals surface area contributed by atoms with Crippen molar-refractivity contribution in [1.82, 2.24) is 20.2 Å². The first kappa shape index (κ1) is 10.6. The summed E-state index contributed by atoms with van der Waals surface area (Å²) in [5.41, 5.74) is 2.19. The molecule has 1 aromatic heterocycles. The molecule has 1 saturated carbocycles. The normalized spacial score (nSPS) is 20.4. The van der Waals surface area contributed by atoms with E-state index >= 15 is 0 Å². The molecule has 17 heavy (non-hydrogen) atoms. The third kappa shape index (κ3) is 2.14. The molecule has 92 valence electrons. The lowest BCUT2D eigenvalue weighted by molar-refractivity contribution is 0.187. The highest BCUT2D eigenvalue weighted by molar-refractivity contribution is 5.74. The van der Waals surface area contributed by atoms with Crippen LogP contribution in [0.5, 0.6) is 0 Å². The molecule has 0 aromatic carbocycles. The Morgan fingerprint density at radius 1 is 1.47 bits per heavy atom. The van der Waals surface area contributed by atoms with E-state index < -0.39 is 0 Å². The number of carbonyl (C=O) groups is 1. The maximum atomic E-state index is 12.1. The minimum atomic E-state index is 0.0746. The zero-order valence-electron chi connectivity index (χ0n) is 9.91. The van der Waals surface area contributed by atoms with Crippen LogP contribution in [0.4, 0.5) is 4.79 Å². The van der Waals surface area contributed by atoms with Crippen molar-refractivity contribution in [3.05, 3.63) is 17.7 Å². The van der Waals surface area contributed by atoms with Gasteiger partial charge in [0.25, 0.3) is 0 Å². The Balaban J connectivity index is 1.60. The van der Waals surface area contributed by atoms with Gasteiger partial charge in [-0.25, -0.2) is 9.78 Å². The summed E-state index contributed by atoms with van der Waals surface area (Å²) in [7, 11) is 0. The topological polar surface area (TPSA) is 61.0 Å². The molecule has 2 N–H and O–H groups in total. The molecule has 0 spiro atoms. The van der Waals surface area contributed by atoms with E-state index in [-0.39, 0.29) is 6.03 Å². The van der Waals surface area contributed by atoms with Gasteiger partial charge in [0.15, 0.2) is 0 Å². The van der Waals surface area contributed by atoms with Gasteiger partial charge in [-0.2, -0.15) is 0 Å². The fourth-order valence-electron chi connectivity index (χ4n) is 2.72. The Kier molecular flexibility index (Phi) is 2.74. The van der Waals surface area contributed by atoms with Crippen LogP contribution in [0.25, 0.3) is 0 Å². The van der Waals surface area contributed by atoms with Crippen LogP contribution in [-0.4, -0.2) is 33.5 Å². The third-order valence-electron chi connectivity index (χ3n) is 3.75. The number of nitrogens with zero attached hydrogens (tertiary/aromatic N) is 2. The monoisotopic (exact) mass is 234 g/mol. The molecular weight excluding hydrogens is 216 g/mol. The van der Waals surface area contributed by atoms with Gasteiger partial charge in [0.2, 0.25) is 0 Å². The quantitative estimate of drug-likeness (QED) is 0.772. The van der Waals surface area contributed by atoms with Crippen molar-refractivity contribution in [1.29, 1.82) is 0 Å². The minimum Gasteiger partial charge on any atom is -0.348 e. The maximum absolute atomic E-state index is 12.1. The Labute approximate surface area is 101 Å². The predicted octanol–water partition coefficient (Wildman–Crippen LogP) is 1.42. The summed E-state index contributed by atoms with van der Waals surface area (Å²) in [4.78, 5) is 21.3. The van der Waals surface area contributed by atoms with E-state index in [1.807, 2.05) is 4.90 Å². The van der Waals surface area contributed by atoms with Crippen LogP contribution in [0.1, 0.15) is 37.1 Å². The largest absolute Gasteiger partial charge is 0.348 e. The zero-order chi connectivity index (χ0) is 11.7. The van der Waals surface area contributed by atoms with Crippen LogP contribution >= 0.6 is 0 Å². The number of urea groups is 1. The molecule has 2 aliphatic rings. The van der Waals surface area contributed by atoms with Gasteiger partial charge >= 0.3 is 6.03 Å². The molecule has 0 bridgehead atoms. The van der Waals surface area contributed by atoms with E-state index in [1.165, 1.54) is 18.5 Å². The molecule has 0 unspecified atom stereocenters. The van der Waals surface area contributed by atoms with Crippen molar-refractivity contribution in [2.45, 2.75) is 44.7 Å². The van der Waals surface area contributed by atoms with Gasteiger partial charge in [0.1, 0.15) is 0 Å². The molecule has 3 rings (SSSR count). The zero-order valence-corrected chi connectivity index (χ0v) is 9.91. The molecule has 5 heteroatoms. The molecule has 2 amide bonds. The number of amides is 2. The van der Waals surface area contributed by atoms with Crippen LogP contribution in [0.15, 0.2) is 6.33 Å². The Hall–Kier alpha value is -1.52. The summed E-state index contributed by atoms with van der Waals surface area (Å²) in [5, 5.41) is 3.12. The average molecular weight is 234 g/mol. The van der Waals surface area contributed by atoms with Gasteiger partial charge in [0.05, 0.1) is 18.6 Å². The molecule has 5 nitrogen and oxygen atoms in total. The molecule has 1 aliphatic carbocycles. The summed E-state index contributed by atoms with van der Waals surface area (Å²) in [5.74, 6) is 0. The van der Waals surface area contributed by atoms with Crippen LogP contribution in [0, 0.1) is 0 Å². The molecule has 1 aromatic rings. The second-order valence-electron chi connectivity index (χ2n) is 4.93. The summed E-state index contributed by atoms with van der Waals surface area (Å²) >= 11 is 0. The number of carbonyl (C=O) groups excluding carboxylic acids is 1. The Morgan fingerprint density at radius 3 is 3.12 bits per heavy atom. The first-order valence-electron chi connectivity index (χ1n) is 6.39. The van der Waals surface area contributed by atoms with Crippen LogP contribution < -0.4 is 5.32 Å². The van der Waals surface area contributed by atoms with E-state index in [1.54, 1.807) is 6.33 Å². The number of hydrogen-bond donors (Lipinski definition) is 2. The summed E-state index contributed by atoms with van der Waals surface area (Å²) in [6.07, 6.45) is 7.35. The van der Waals surface area contributed by atoms with Crippen LogP contribution in [0.3, 0.4) is 0 Å². The first-order valence-corrected chi connectivity index (χ1v) is 6.39. The van der Waals surface area contributed by atoms with Crippen molar-refractivity contribution in [3.63, 3.8) is 0 Å².